The standard InChI is InChI=1S/C17H18FN/c18-14-9-7-13(8-10-14)15-11-12-19-17-6-4-2-1-3-5-16(15)17/h7-12H,1-6H2. The monoisotopic (exact) mass is 255 g/mol. The van der Waals surface area contributed by atoms with Crippen LogP contribution in [0.4, 0.5) is 4.39 Å². The van der Waals surface area contributed by atoms with Crippen molar-refractivity contribution in [3.8, 4) is 11.1 Å². The molecule has 0 bridgehead atoms. The molecule has 0 spiro atoms. The molecule has 1 aliphatic carbocycles. The topological polar surface area (TPSA) is 12.9 Å². The molecule has 19 heavy (non-hydrogen) atoms. The Bertz CT molecular complexity index is 560. The van der Waals surface area contributed by atoms with E-state index in [0.717, 1.165) is 18.4 Å². The zero-order chi connectivity index (χ0) is 13.1. The summed E-state index contributed by atoms with van der Waals surface area (Å²) in [4.78, 5) is 4.55. The molecule has 0 fully saturated rings. The first-order chi connectivity index (χ1) is 9.34. The summed E-state index contributed by atoms with van der Waals surface area (Å²) in [7, 11) is 0. The Labute approximate surface area is 113 Å². The van der Waals surface area contributed by atoms with Crippen molar-refractivity contribution < 1.29 is 4.39 Å². The highest BCUT2D eigenvalue weighted by atomic mass is 19.1. The number of nitrogens with zero attached hydrogens (tertiary/aromatic N) is 1. The molecular weight excluding hydrogens is 237 g/mol. The van der Waals surface area contributed by atoms with Crippen LogP contribution >= 0.6 is 0 Å². The van der Waals surface area contributed by atoms with Crippen LogP contribution in [0.3, 0.4) is 0 Å². The molecule has 0 radical (unpaired) electrons. The fourth-order valence-corrected chi connectivity index (χ4v) is 2.88. The van der Waals surface area contributed by atoms with Gasteiger partial charge in [-0.2, -0.15) is 0 Å². The van der Waals surface area contributed by atoms with Gasteiger partial charge in [-0.25, -0.2) is 4.39 Å². The number of pyridine rings is 1. The maximum atomic E-state index is 13.0. The van der Waals surface area contributed by atoms with Gasteiger partial charge >= 0.3 is 0 Å². The van der Waals surface area contributed by atoms with Gasteiger partial charge in [0.1, 0.15) is 5.82 Å². The highest BCUT2D eigenvalue weighted by molar-refractivity contribution is 5.68. The molecule has 0 amide bonds. The molecule has 0 saturated carbocycles. The van der Waals surface area contributed by atoms with E-state index in [9.17, 15) is 4.39 Å². The Morgan fingerprint density at radius 3 is 2.37 bits per heavy atom. The van der Waals surface area contributed by atoms with Gasteiger partial charge in [-0.3, -0.25) is 4.98 Å². The fourth-order valence-electron chi connectivity index (χ4n) is 2.88. The van der Waals surface area contributed by atoms with E-state index >= 15 is 0 Å². The van der Waals surface area contributed by atoms with Crippen molar-refractivity contribution in [1.82, 2.24) is 4.98 Å². The summed E-state index contributed by atoms with van der Waals surface area (Å²) in [6.45, 7) is 0. The van der Waals surface area contributed by atoms with Gasteiger partial charge in [-0.15, -0.1) is 0 Å². The molecular formula is C17H18FN. The van der Waals surface area contributed by atoms with Crippen LogP contribution in [0.5, 0.6) is 0 Å². The fraction of sp³-hybridized carbons (Fsp3) is 0.353. The third-order valence-corrected chi connectivity index (χ3v) is 3.89. The van der Waals surface area contributed by atoms with Crippen LogP contribution in [0.2, 0.25) is 0 Å². The maximum absolute atomic E-state index is 13.0. The minimum absolute atomic E-state index is 0.180. The van der Waals surface area contributed by atoms with Crippen LogP contribution in [0, 0.1) is 5.82 Å². The van der Waals surface area contributed by atoms with E-state index in [1.54, 1.807) is 0 Å². The Morgan fingerprint density at radius 2 is 1.58 bits per heavy atom. The quantitative estimate of drug-likeness (QED) is 0.728. The van der Waals surface area contributed by atoms with Gasteiger partial charge in [0.15, 0.2) is 0 Å². The van der Waals surface area contributed by atoms with Crippen molar-refractivity contribution in [2.24, 2.45) is 0 Å². The third kappa shape index (κ3) is 2.67. The van der Waals surface area contributed by atoms with Crippen molar-refractivity contribution in [2.75, 3.05) is 0 Å². The van der Waals surface area contributed by atoms with Gasteiger partial charge in [-0.1, -0.05) is 25.0 Å². The molecule has 2 heteroatoms. The van der Waals surface area contributed by atoms with Crippen LogP contribution < -0.4 is 0 Å². The van der Waals surface area contributed by atoms with E-state index in [1.165, 1.54) is 54.6 Å². The van der Waals surface area contributed by atoms with Gasteiger partial charge in [0.05, 0.1) is 0 Å². The van der Waals surface area contributed by atoms with E-state index in [0.29, 0.717) is 0 Å². The summed E-state index contributed by atoms with van der Waals surface area (Å²) in [5.41, 5.74) is 4.93. The van der Waals surface area contributed by atoms with Crippen LogP contribution in [-0.2, 0) is 12.8 Å². The molecule has 2 aromatic rings. The smallest absolute Gasteiger partial charge is 0.123 e. The highest BCUT2D eigenvalue weighted by Crippen LogP contribution is 2.29. The van der Waals surface area contributed by atoms with E-state index < -0.39 is 0 Å². The number of fused-ring (bicyclic) bond motifs is 1. The van der Waals surface area contributed by atoms with Gasteiger partial charge in [0.25, 0.3) is 0 Å². The van der Waals surface area contributed by atoms with Gasteiger partial charge in [-0.05, 0) is 60.6 Å². The molecule has 0 N–H and O–H groups in total. The van der Waals surface area contributed by atoms with Crippen molar-refractivity contribution in [2.45, 2.75) is 38.5 Å². The first-order valence-electron chi connectivity index (χ1n) is 7.07. The Kier molecular flexibility index (Phi) is 3.58. The Balaban J connectivity index is 2.05. The van der Waals surface area contributed by atoms with Crippen LogP contribution in [0.25, 0.3) is 11.1 Å². The molecule has 1 aromatic heterocycles. The summed E-state index contributed by atoms with van der Waals surface area (Å²) in [6, 6.07) is 8.86. The highest BCUT2D eigenvalue weighted by Gasteiger charge is 2.13. The predicted molar refractivity (Wildman–Crippen MR) is 75.5 cm³/mol. The molecule has 0 unspecified atom stereocenters. The number of rotatable bonds is 1. The second-order valence-corrected chi connectivity index (χ2v) is 5.20. The molecule has 98 valence electrons. The second-order valence-electron chi connectivity index (χ2n) is 5.20. The molecule has 1 aromatic carbocycles. The number of hydrogen-bond donors (Lipinski definition) is 0. The summed E-state index contributed by atoms with van der Waals surface area (Å²) in [6.07, 6.45) is 9.12. The lowest BCUT2D eigenvalue weighted by atomic mass is 9.91. The van der Waals surface area contributed by atoms with E-state index in [1.807, 2.05) is 18.3 Å². The van der Waals surface area contributed by atoms with Crippen LogP contribution in [-0.4, -0.2) is 4.98 Å². The normalized spacial score (nSPS) is 15.4. The number of benzene rings is 1. The molecule has 0 aliphatic heterocycles. The molecule has 0 saturated heterocycles. The number of aryl methyl sites for hydroxylation is 1. The average molecular weight is 255 g/mol. The number of aromatic nitrogens is 1. The largest absolute Gasteiger partial charge is 0.261 e. The summed E-state index contributed by atoms with van der Waals surface area (Å²) >= 11 is 0. The van der Waals surface area contributed by atoms with E-state index in [-0.39, 0.29) is 5.82 Å². The maximum Gasteiger partial charge on any atom is 0.123 e. The van der Waals surface area contributed by atoms with E-state index in [4.69, 9.17) is 0 Å². The molecule has 0 atom stereocenters. The average Bonchev–Trinajstić information content (AvgIpc) is 2.40. The first-order valence-corrected chi connectivity index (χ1v) is 7.07. The minimum atomic E-state index is -0.180. The first kappa shape index (κ1) is 12.3. The van der Waals surface area contributed by atoms with Crippen LogP contribution in [0.1, 0.15) is 36.9 Å². The number of hydrogen-bond acceptors (Lipinski definition) is 1. The van der Waals surface area contributed by atoms with E-state index in [2.05, 4.69) is 11.1 Å². The van der Waals surface area contributed by atoms with Gasteiger partial charge in [0.2, 0.25) is 0 Å². The van der Waals surface area contributed by atoms with Gasteiger partial charge < -0.3 is 0 Å². The number of halogens is 1. The second kappa shape index (κ2) is 5.52. The lowest BCUT2D eigenvalue weighted by Crippen LogP contribution is -2.04. The lowest BCUT2D eigenvalue weighted by Gasteiger charge is -2.16. The van der Waals surface area contributed by atoms with Crippen LogP contribution in [0.15, 0.2) is 36.5 Å². The zero-order valence-corrected chi connectivity index (χ0v) is 11.0. The van der Waals surface area contributed by atoms with Crippen molar-refractivity contribution in [3.05, 3.63) is 53.6 Å². The Morgan fingerprint density at radius 1 is 0.842 bits per heavy atom. The third-order valence-electron chi connectivity index (χ3n) is 3.89. The SMILES string of the molecule is Fc1ccc(-c2ccnc3c2CCCCCC3)cc1. The van der Waals surface area contributed by atoms with Crippen molar-refractivity contribution in [3.63, 3.8) is 0 Å². The molecule has 1 nitrogen and oxygen atoms in total. The lowest BCUT2D eigenvalue weighted by molar-refractivity contribution is 0.609. The molecule has 1 heterocycles. The molecule has 1 aliphatic rings. The van der Waals surface area contributed by atoms with Crippen molar-refractivity contribution in [1.29, 1.82) is 0 Å². The van der Waals surface area contributed by atoms with Crippen molar-refractivity contribution >= 4 is 0 Å². The molecule has 3 rings (SSSR count). The summed E-state index contributed by atoms with van der Waals surface area (Å²) < 4.78 is 13.0. The minimum Gasteiger partial charge on any atom is -0.261 e. The summed E-state index contributed by atoms with van der Waals surface area (Å²) in [5.74, 6) is -0.180. The summed E-state index contributed by atoms with van der Waals surface area (Å²) in [5, 5.41) is 0. The zero-order valence-electron chi connectivity index (χ0n) is 11.0. The Hall–Kier alpha value is -1.70. The van der Waals surface area contributed by atoms with Gasteiger partial charge in [0, 0.05) is 11.9 Å². The predicted octanol–water partition coefficient (Wildman–Crippen LogP) is 4.55.